The van der Waals surface area contributed by atoms with Gasteiger partial charge in [-0.15, -0.1) is 0 Å². The standard InChI is InChI=1S/C64H52N2O2/c1(3-5-7-41-67-57-19-11-17-51-31-37-53(65-63(51)57)35-29-43-21-23-49-27-25-45-13-9-15-47-33-39-55(43)61(49)59(45)47)2-4-6-8-42-68-58-20-12-18-52-32-38-54(66-64(52)58)36-30-44-22-24-50-28-26-46-14-10-16-48-34-40-56(44)62(50)60(46)48/h9-40H,1-8,41-42H2/b35-29+,36-30+. The van der Waals surface area contributed by atoms with E-state index in [1.807, 2.05) is 0 Å². The largest absolute Gasteiger partial charge is 0.491 e. The van der Waals surface area contributed by atoms with E-state index < -0.39 is 0 Å². The van der Waals surface area contributed by atoms with Crippen LogP contribution in [0.4, 0.5) is 0 Å². The molecule has 0 saturated heterocycles. The van der Waals surface area contributed by atoms with Crippen LogP contribution in [0.15, 0.2) is 170 Å². The van der Waals surface area contributed by atoms with Crippen LogP contribution in [0.2, 0.25) is 0 Å². The molecule has 2 aromatic heterocycles. The first-order valence-corrected chi connectivity index (χ1v) is 24.5. The van der Waals surface area contributed by atoms with E-state index in [9.17, 15) is 0 Å². The van der Waals surface area contributed by atoms with Gasteiger partial charge in [0, 0.05) is 10.8 Å². The lowest BCUT2D eigenvalue weighted by molar-refractivity contribution is 0.304. The van der Waals surface area contributed by atoms with Crippen LogP contribution in [0.5, 0.6) is 11.5 Å². The van der Waals surface area contributed by atoms with E-state index in [2.05, 4.69) is 194 Å². The summed E-state index contributed by atoms with van der Waals surface area (Å²) >= 11 is 0. The lowest BCUT2D eigenvalue weighted by Crippen LogP contribution is -1.99. The SMILES string of the molecule is C(=C\c1ccc2ccc3cccc4ccc1c2c34)/c1ccc2cccc(OCCCCCCCCCCOc3cccc4ccc(/C=C/c5ccc6ccc7cccc8ccc5c6c78)nc34)c2n1. The number of benzene rings is 10. The third-order valence-corrected chi connectivity index (χ3v) is 14.0. The van der Waals surface area contributed by atoms with Gasteiger partial charge in [-0.1, -0.05) is 196 Å². The van der Waals surface area contributed by atoms with Crippen molar-refractivity contribution in [2.75, 3.05) is 13.2 Å². The van der Waals surface area contributed by atoms with Gasteiger partial charge in [-0.3, -0.25) is 0 Å². The molecule has 0 N–H and O–H groups in total. The van der Waals surface area contributed by atoms with Crippen molar-refractivity contribution in [2.45, 2.75) is 51.4 Å². The molecule has 12 aromatic rings. The summed E-state index contributed by atoms with van der Waals surface area (Å²) in [4.78, 5) is 10.1. The van der Waals surface area contributed by atoms with Gasteiger partial charge >= 0.3 is 0 Å². The Balaban J connectivity index is 0.595. The van der Waals surface area contributed by atoms with E-state index in [-0.39, 0.29) is 0 Å². The molecule has 0 spiro atoms. The molecule has 0 aliphatic rings. The summed E-state index contributed by atoms with van der Waals surface area (Å²) in [5.41, 5.74) is 6.07. The summed E-state index contributed by atoms with van der Waals surface area (Å²) in [6.45, 7) is 1.39. The van der Waals surface area contributed by atoms with Gasteiger partial charge in [-0.05, 0) is 125 Å². The Kier molecular flexibility index (Phi) is 11.3. The molecule has 4 nitrogen and oxygen atoms in total. The highest BCUT2D eigenvalue weighted by atomic mass is 16.5. The number of nitrogens with zero attached hydrogens (tertiary/aromatic N) is 2. The highest BCUT2D eigenvalue weighted by Crippen LogP contribution is 2.38. The minimum Gasteiger partial charge on any atom is -0.491 e. The highest BCUT2D eigenvalue weighted by Gasteiger charge is 2.13. The maximum absolute atomic E-state index is 6.36. The Morgan fingerprint density at radius 3 is 1.07 bits per heavy atom. The molecule has 0 amide bonds. The van der Waals surface area contributed by atoms with E-state index >= 15 is 0 Å². The molecule has 0 bridgehead atoms. The van der Waals surface area contributed by atoms with E-state index in [1.54, 1.807) is 0 Å². The second-order valence-electron chi connectivity index (χ2n) is 18.3. The monoisotopic (exact) mass is 880 g/mol. The molecule has 0 atom stereocenters. The second kappa shape index (κ2) is 18.5. The fourth-order valence-corrected chi connectivity index (χ4v) is 10.5. The molecule has 4 heteroatoms. The van der Waals surface area contributed by atoms with E-state index in [1.165, 1.54) is 114 Å². The number of aromatic nitrogens is 2. The van der Waals surface area contributed by atoms with Gasteiger partial charge in [0.05, 0.1) is 24.6 Å². The first-order valence-electron chi connectivity index (χ1n) is 24.5. The van der Waals surface area contributed by atoms with Crippen molar-refractivity contribution in [2.24, 2.45) is 0 Å². The number of pyridine rings is 2. The smallest absolute Gasteiger partial charge is 0.145 e. The third kappa shape index (κ3) is 8.11. The zero-order valence-electron chi connectivity index (χ0n) is 38.3. The van der Waals surface area contributed by atoms with Gasteiger partial charge in [0.2, 0.25) is 0 Å². The lowest BCUT2D eigenvalue weighted by atomic mass is 9.92. The summed E-state index contributed by atoms with van der Waals surface area (Å²) in [7, 11) is 0. The molecule has 330 valence electrons. The normalized spacial score (nSPS) is 12.3. The van der Waals surface area contributed by atoms with E-state index in [0.717, 1.165) is 57.5 Å². The van der Waals surface area contributed by atoms with E-state index in [4.69, 9.17) is 19.4 Å². The molecule has 0 radical (unpaired) electrons. The van der Waals surface area contributed by atoms with Crippen molar-refractivity contribution in [3.8, 4) is 11.5 Å². The first-order chi connectivity index (χ1) is 33.7. The Labute approximate surface area is 396 Å². The lowest BCUT2D eigenvalue weighted by Gasteiger charge is -2.12. The van der Waals surface area contributed by atoms with Crippen molar-refractivity contribution in [3.05, 3.63) is 192 Å². The third-order valence-electron chi connectivity index (χ3n) is 14.0. The number of unbranched alkanes of at least 4 members (excludes halogenated alkanes) is 7. The minimum absolute atomic E-state index is 0.697. The molecule has 0 aliphatic carbocycles. The van der Waals surface area contributed by atoms with Crippen LogP contribution in [-0.4, -0.2) is 23.2 Å². The molecular weight excluding hydrogens is 829 g/mol. The highest BCUT2D eigenvalue weighted by molar-refractivity contribution is 6.25. The summed E-state index contributed by atoms with van der Waals surface area (Å²) in [6.07, 6.45) is 18.0. The second-order valence-corrected chi connectivity index (χ2v) is 18.3. The Bertz CT molecular complexity index is 3550. The van der Waals surface area contributed by atoms with Crippen LogP contribution in [0.3, 0.4) is 0 Å². The predicted octanol–water partition coefficient (Wildman–Crippen LogP) is 17.5. The summed E-state index contributed by atoms with van der Waals surface area (Å²) in [5.74, 6) is 1.71. The Morgan fingerprint density at radius 1 is 0.294 bits per heavy atom. The molecule has 0 saturated carbocycles. The van der Waals surface area contributed by atoms with Crippen LogP contribution in [0, 0.1) is 0 Å². The number of hydrogen-bond acceptors (Lipinski definition) is 4. The molecular formula is C64H52N2O2. The topological polar surface area (TPSA) is 44.2 Å². The van der Waals surface area contributed by atoms with Crippen LogP contribution >= 0.6 is 0 Å². The fraction of sp³-hybridized carbons (Fsp3) is 0.156. The van der Waals surface area contributed by atoms with Gasteiger partial charge in [-0.25, -0.2) is 9.97 Å². The van der Waals surface area contributed by atoms with Crippen LogP contribution in [0.1, 0.15) is 73.9 Å². The number of fused-ring (bicyclic) bond motifs is 2. The first kappa shape index (κ1) is 41.6. The summed E-state index contributed by atoms with van der Waals surface area (Å²) in [5, 5.41) is 17.8. The Morgan fingerprint density at radius 2 is 0.632 bits per heavy atom. The van der Waals surface area contributed by atoms with Crippen LogP contribution in [-0.2, 0) is 0 Å². The zero-order chi connectivity index (χ0) is 45.2. The fourth-order valence-electron chi connectivity index (χ4n) is 10.5. The molecule has 2 heterocycles. The van der Waals surface area contributed by atoms with Crippen molar-refractivity contribution in [1.82, 2.24) is 9.97 Å². The number of hydrogen-bond donors (Lipinski definition) is 0. The Hall–Kier alpha value is -7.82. The maximum atomic E-state index is 6.36. The van der Waals surface area contributed by atoms with Crippen molar-refractivity contribution >= 4 is 111 Å². The van der Waals surface area contributed by atoms with E-state index in [0.29, 0.717) is 13.2 Å². The molecule has 0 fully saturated rings. The van der Waals surface area contributed by atoms with Gasteiger partial charge < -0.3 is 9.47 Å². The number of para-hydroxylation sites is 2. The molecule has 10 aromatic carbocycles. The number of ether oxygens (including phenoxy) is 2. The summed E-state index contributed by atoms with van der Waals surface area (Å²) < 4.78 is 12.7. The van der Waals surface area contributed by atoms with Gasteiger partial charge in [0.1, 0.15) is 22.5 Å². The van der Waals surface area contributed by atoms with Gasteiger partial charge in [-0.2, -0.15) is 0 Å². The predicted molar refractivity (Wildman–Crippen MR) is 290 cm³/mol. The summed E-state index contributed by atoms with van der Waals surface area (Å²) in [6, 6.07) is 60.9. The minimum atomic E-state index is 0.697. The average Bonchev–Trinajstić information content (AvgIpc) is 3.39. The van der Waals surface area contributed by atoms with Crippen LogP contribution in [0.25, 0.3) is 111 Å². The van der Waals surface area contributed by atoms with Crippen LogP contribution < -0.4 is 9.47 Å². The van der Waals surface area contributed by atoms with Crippen molar-refractivity contribution in [1.29, 1.82) is 0 Å². The number of rotatable bonds is 17. The van der Waals surface area contributed by atoms with Crippen molar-refractivity contribution < 1.29 is 9.47 Å². The molecule has 0 unspecified atom stereocenters. The maximum Gasteiger partial charge on any atom is 0.145 e. The molecule has 12 rings (SSSR count). The molecule has 0 aliphatic heterocycles. The van der Waals surface area contributed by atoms with Gasteiger partial charge in [0.25, 0.3) is 0 Å². The average molecular weight is 881 g/mol. The van der Waals surface area contributed by atoms with Gasteiger partial charge in [0.15, 0.2) is 0 Å². The zero-order valence-corrected chi connectivity index (χ0v) is 38.3. The van der Waals surface area contributed by atoms with Crippen molar-refractivity contribution in [3.63, 3.8) is 0 Å². The molecule has 68 heavy (non-hydrogen) atoms. The quantitative estimate of drug-likeness (QED) is 0.0675.